The molecule has 0 radical (unpaired) electrons. The van der Waals surface area contributed by atoms with Crippen LogP contribution in [0.3, 0.4) is 0 Å². The van der Waals surface area contributed by atoms with E-state index >= 15 is 0 Å². The van der Waals surface area contributed by atoms with E-state index in [-0.39, 0.29) is 37.1 Å². The van der Waals surface area contributed by atoms with E-state index in [0.29, 0.717) is 6.42 Å². The zero-order valence-electron chi connectivity index (χ0n) is 6.92. The van der Waals surface area contributed by atoms with E-state index < -0.39 is 11.4 Å². The molecule has 2 atom stereocenters. The van der Waals surface area contributed by atoms with Crippen LogP contribution in [0.15, 0.2) is 0 Å². The van der Waals surface area contributed by atoms with Crippen LogP contribution in [-0.4, -0.2) is 14.9 Å². The van der Waals surface area contributed by atoms with Gasteiger partial charge in [-0.3, -0.25) is 4.18 Å². The summed E-state index contributed by atoms with van der Waals surface area (Å²) in [6.07, 6.45) is 0.530. The van der Waals surface area contributed by atoms with E-state index in [4.69, 9.17) is 0 Å². The Hall–Kier alpha value is 1.07. The van der Waals surface area contributed by atoms with Gasteiger partial charge in [-0.15, -0.1) is 0 Å². The van der Waals surface area contributed by atoms with Crippen LogP contribution < -0.4 is 29.6 Å². The predicted octanol–water partition coefficient (Wildman–Crippen LogP) is -2.29. The van der Waals surface area contributed by atoms with Crippen molar-refractivity contribution in [2.45, 2.75) is 26.4 Å². The molecule has 0 N–H and O–H groups in total. The van der Waals surface area contributed by atoms with E-state index in [1.54, 1.807) is 6.92 Å². The molecule has 0 saturated heterocycles. The Morgan fingerprint density at radius 1 is 1.89 bits per heavy atom. The average Bonchev–Trinajstić information content (AvgIpc) is 1.65. The van der Waals surface area contributed by atoms with Crippen LogP contribution in [0.2, 0.25) is 0 Å². The van der Waals surface area contributed by atoms with Crippen LogP contribution in [0.5, 0.6) is 0 Å². The molecule has 9 heavy (non-hydrogen) atoms. The topological polar surface area (TPSA) is 49.4 Å². The van der Waals surface area contributed by atoms with Gasteiger partial charge in [-0.25, -0.2) is 4.21 Å². The van der Waals surface area contributed by atoms with Crippen molar-refractivity contribution in [3.05, 3.63) is 0 Å². The summed E-state index contributed by atoms with van der Waals surface area (Å²) in [5.74, 6) is 0. The van der Waals surface area contributed by atoms with Crippen molar-refractivity contribution in [2.24, 2.45) is 0 Å². The van der Waals surface area contributed by atoms with Gasteiger partial charge in [0.2, 0.25) is 0 Å². The van der Waals surface area contributed by atoms with Gasteiger partial charge >= 0.3 is 29.6 Å². The van der Waals surface area contributed by atoms with E-state index in [2.05, 4.69) is 4.18 Å². The zero-order chi connectivity index (χ0) is 6.57. The fourth-order valence-corrected chi connectivity index (χ4v) is 0.606. The number of hydrogen-bond donors (Lipinski definition) is 0. The van der Waals surface area contributed by atoms with Gasteiger partial charge in [-0.2, -0.15) is 0 Å². The minimum Gasteiger partial charge on any atom is -1.00 e. The molecule has 0 saturated carbocycles. The summed E-state index contributed by atoms with van der Waals surface area (Å²) in [5.41, 5.74) is 0. The number of rotatable bonds is 3. The molecule has 0 aromatic heterocycles. The van der Waals surface area contributed by atoms with Crippen LogP contribution >= 0.6 is 0 Å². The Kier molecular flexibility index (Phi) is 10.1. The Labute approximate surface area is 81.4 Å². The van der Waals surface area contributed by atoms with Gasteiger partial charge < -0.3 is 5.98 Å². The summed E-state index contributed by atoms with van der Waals surface area (Å²) in [7, 11) is 0. The van der Waals surface area contributed by atoms with Crippen LogP contribution in [0.1, 0.15) is 21.7 Å². The minimum atomic E-state index is -2.35. The van der Waals surface area contributed by atoms with Crippen molar-refractivity contribution >= 4 is 11.4 Å². The fourth-order valence-electron chi connectivity index (χ4n) is 0.202. The van der Waals surface area contributed by atoms with E-state index in [1.807, 2.05) is 6.92 Å². The van der Waals surface area contributed by atoms with Crippen molar-refractivity contribution in [3.63, 3.8) is 0 Å². The Balaban J connectivity index is -0.000000245. The summed E-state index contributed by atoms with van der Waals surface area (Å²) < 4.78 is 23.8. The monoisotopic (exact) mass is 161 g/mol. The maximum Gasteiger partial charge on any atom is 1.00 e. The quantitative estimate of drug-likeness (QED) is 0.346. The maximum absolute atomic E-state index is 9.75. The molecule has 0 aliphatic heterocycles. The third kappa shape index (κ3) is 9.07. The molecule has 0 rings (SSSR count). The molecule has 0 fully saturated rings. The first kappa shape index (κ1) is 12.7. The summed E-state index contributed by atoms with van der Waals surface area (Å²) in [6, 6.07) is 0. The molecule has 0 amide bonds. The Bertz CT molecular complexity index is 92.6. The largest absolute Gasteiger partial charge is 1.00 e. The van der Waals surface area contributed by atoms with Gasteiger partial charge in [0.25, 0.3) is 0 Å². The molecule has 52 valence electrons. The fraction of sp³-hybridized carbons (Fsp3) is 1.00. The normalized spacial score (nSPS) is 15.9. The van der Waals surface area contributed by atoms with Gasteiger partial charge in [0.15, 0.2) is 0 Å². The summed E-state index contributed by atoms with van der Waals surface area (Å²) in [4.78, 5) is 0. The summed E-state index contributed by atoms with van der Waals surface area (Å²) in [5, 5.41) is 0. The SMILES string of the molecule is CCC(C)OS(=O)[O-].[H-].[Na+]. The Morgan fingerprint density at radius 3 is 2.44 bits per heavy atom. The van der Waals surface area contributed by atoms with Gasteiger partial charge in [0, 0.05) is 0 Å². The van der Waals surface area contributed by atoms with Crippen molar-refractivity contribution in [1.82, 2.24) is 0 Å². The van der Waals surface area contributed by atoms with Gasteiger partial charge in [0.1, 0.15) is 0 Å². The third-order valence-corrected chi connectivity index (χ3v) is 1.30. The van der Waals surface area contributed by atoms with Gasteiger partial charge in [-0.1, -0.05) is 6.92 Å². The second-order valence-electron chi connectivity index (χ2n) is 1.52. The minimum absolute atomic E-state index is 0. The molecule has 0 aliphatic carbocycles. The summed E-state index contributed by atoms with van der Waals surface area (Å²) >= 11 is -2.35. The zero-order valence-corrected chi connectivity index (χ0v) is 8.73. The summed E-state index contributed by atoms with van der Waals surface area (Å²) in [6.45, 7) is 3.56. The van der Waals surface area contributed by atoms with Crippen molar-refractivity contribution in [2.75, 3.05) is 0 Å². The number of hydrogen-bond acceptors (Lipinski definition) is 3. The van der Waals surface area contributed by atoms with Crippen LogP contribution in [0.4, 0.5) is 0 Å². The first-order chi connectivity index (χ1) is 3.66. The molecule has 2 unspecified atom stereocenters. The first-order valence-electron chi connectivity index (χ1n) is 2.43. The molecule has 0 aromatic rings. The molecule has 0 aliphatic rings. The molecule has 0 heterocycles. The molecular formula is C4H10NaO3S-. The standard InChI is InChI=1S/C4H10O3S.Na.H/c1-3-4(2)7-8(5)6;;/h4H,3H2,1-2H3,(H,5,6);;/q;+1;-1/p-1. The molecule has 5 heteroatoms. The molecular weight excluding hydrogens is 151 g/mol. The van der Waals surface area contributed by atoms with Crippen molar-refractivity contribution in [3.8, 4) is 0 Å². The van der Waals surface area contributed by atoms with Crippen LogP contribution in [-0.2, 0) is 15.5 Å². The van der Waals surface area contributed by atoms with E-state index in [1.165, 1.54) is 0 Å². The smallest absolute Gasteiger partial charge is 1.00 e. The van der Waals surface area contributed by atoms with E-state index in [9.17, 15) is 8.76 Å². The van der Waals surface area contributed by atoms with Gasteiger partial charge in [0.05, 0.1) is 17.5 Å². The molecule has 0 aromatic carbocycles. The molecule has 0 spiro atoms. The Morgan fingerprint density at radius 2 is 2.33 bits per heavy atom. The molecule has 0 bridgehead atoms. The molecule has 3 nitrogen and oxygen atoms in total. The van der Waals surface area contributed by atoms with Crippen LogP contribution in [0.25, 0.3) is 0 Å². The third-order valence-electron chi connectivity index (χ3n) is 0.818. The van der Waals surface area contributed by atoms with Gasteiger partial charge in [-0.05, 0) is 13.3 Å². The van der Waals surface area contributed by atoms with E-state index in [0.717, 1.165) is 0 Å². The second-order valence-corrected chi connectivity index (χ2v) is 2.12. The van der Waals surface area contributed by atoms with Crippen molar-refractivity contribution < 1.29 is 43.9 Å². The predicted molar refractivity (Wildman–Crippen MR) is 30.9 cm³/mol. The maximum atomic E-state index is 9.75. The average molecular weight is 161 g/mol. The second kappa shape index (κ2) is 7.18. The van der Waals surface area contributed by atoms with Crippen molar-refractivity contribution in [1.29, 1.82) is 0 Å². The van der Waals surface area contributed by atoms with Crippen LogP contribution in [0, 0.1) is 0 Å². The first-order valence-corrected chi connectivity index (χ1v) is 3.43.